The van der Waals surface area contributed by atoms with Crippen molar-refractivity contribution in [1.29, 1.82) is 0 Å². The molecular formula is C17H11NO3. The van der Waals surface area contributed by atoms with E-state index < -0.39 is 12.0 Å². The highest BCUT2D eigenvalue weighted by molar-refractivity contribution is 5.99. The van der Waals surface area contributed by atoms with Gasteiger partial charge in [-0.05, 0) is 23.3 Å². The fraction of sp³-hybridized carbons (Fsp3) is 0.118. The lowest BCUT2D eigenvalue weighted by molar-refractivity contribution is 0.0425. The largest absolute Gasteiger partial charge is 0.444 e. The van der Waals surface area contributed by atoms with Gasteiger partial charge < -0.3 is 9.64 Å². The summed E-state index contributed by atoms with van der Waals surface area (Å²) in [5.74, 6) is -0.484. The number of nitrogens with zero attached hydrogens (tertiary/aromatic N) is 1. The van der Waals surface area contributed by atoms with E-state index in [1.807, 2.05) is 36.4 Å². The van der Waals surface area contributed by atoms with Crippen molar-refractivity contribution >= 4 is 11.9 Å². The van der Waals surface area contributed by atoms with Gasteiger partial charge in [0.15, 0.2) is 0 Å². The molecule has 4 heteroatoms. The highest BCUT2D eigenvalue weighted by Crippen LogP contribution is 2.37. The quantitative estimate of drug-likeness (QED) is 0.753. The number of hydrogen-bond donors (Lipinski definition) is 0. The lowest BCUT2D eigenvalue weighted by Crippen LogP contribution is -2.34. The van der Waals surface area contributed by atoms with Gasteiger partial charge in [-0.2, -0.15) is 0 Å². The van der Waals surface area contributed by atoms with Crippen LogP contribution in [0.1, 0.15) is 37.9 Å². The summed E-state index contributed by atoms with van der Waals surface area (Å²) in [6.45, 7) is 3.19. The molecule has 102 valence electrons. The number of esters is 1. The molecule has 2 aliphatic heterocycles. The summed E-state index contributed by atoms with van der Waals surface area (Å²) in [7, 11) is 0. The standard InChI is InChI=1S/C17H11NO3/c19-16-12-6-2-1-5-11(12)9-18(16)15-10-21-17(20)14-8-4-3-7-13(14)15/h1-8,15H,9H2. The Morgan fingerprint density at radius 2 is 1.71 bits per heavy atom. The number of carbonyl (C=O) groups excluding carboxylic acids is 2. The van der Waals surface area contributed by atoms with Crippen LogP contribution in [0.4, 0.5) is 0 Å². The Balaban J connectivity index is 1.75. The number of rotatable bonds is 1. The van der Waals surface area contributed by atoms with Crippen LogP contribution in [0.5, 0.6) is 0 Å². The van der Waals surface area contributed by atoms with Gasteiger partial charge in [-0.1, -0.05) is 36.4 Å². The first-order valence-corrected chi connectivity index (χ1v) is 6.70. The van der Waals surface area contributed by atoms with Gasteiger partial charge in [-0.15, -0.1) is 0 Å². The number of hydrogen-bond acceptors (Lipinski definition) is 3. The second kappa shape index (κ2) is 4.45. The summed E-state index contributed by atoms with van der Waals surface area (Å²) in [6.07, 6.45) is 0. The molecular weight excluding hydrogens is 266 g/mol. The monoisotopic (exact) mass is 277 g/mol. The van der Waals surface area contributed by atoms with Crippen LogP contribution in [0, 0.1) is 6.61 Å². The summed E-state index contributed by atoms with van der Waals surface area (Å²) in [5.41, 5.74) is 2.94. The zero-order valence-corrected chi connectivity index (χ0v) is 11.1. The molecule has 4 nitrogen and oxygen atoms in total. The molecule has 0 N–H and O–H groups in total. The lowest BCUT2D eigenvalue weighted by Gasteiger charge is -2.30. The SMILES string of the molecule is O=C1O[C]C(N2Cc3ccccc3C2=O)c2ccccc21. The van der Waals surface area contributed by atoms with Crippen molar-refractivity contribution in [3.8, 4) is 0 Å². The van der Waals surface area contributed by atoms with Gasteiger partial charge in [0.1, 0.15) is 6.04 Å². The fourth-order valence-corrected chi connectivity index (χ4v) is 2.87. The minimum Gasteiger partial charge on any atom is -0.444 e. The number of cyclic esters (lactones) is 1. The predicted octanol–water partition coefficient (Wildman–Crippen LogP) is 2.59. The zero-order chi connectivity index (χ0) is 14.4. The van der Waals surface area contributed by atoms with Crippen molar-refractivity contribution in [1.82, 2.24) is 4.90 Å². The zero-order valence-electron chi connectivity index (χ0n) is 11.1. The van der Waals surface area contributed by atoms with Gasteiger partial charge in [-0.3, -0.25) is 4.79 Å². The van der Waals surface area contributed by atoms with E-state index in [-0.39, 0.29) is 5.91 Å². The van der Waals surface area contributed by atoms with Crippen LogP contribution in [0.2, 0.25) is 0 Å². The van der Waals surface area contributed by atoms with E-state index in [2.05, 4.69) is 6.61 Å². The third-order valence-corrected chi connectivity index (χ3v) is 3.90. The second-order valence-corrected chi connectivity index (χ2v) is 5.09. The van der Waals surface area contributed by atoms with E-state index in [9.17, 15) is 9.59 Å². The first kappa shape index (κ1) is 12.1. The van der Waals surface area contributed by atoms with Crippen molar-refractivity contribution in [2.75, 3.05) is 0 Å². The van der Waals surface area contributed by atoms with E-state index in [0.717, 1.165) is 11.1 Å². The normalized spacial score (nSPS) is 20.0. The van der Waals surface area contributed by atoms with Gasteiger partial charge in [0.05, 0.1) is 5.56 Å². The Morgan fingerprint density at radius 3 is 2.52 bits per heavy atom. The molecule has 0 spiro atoms. The Bertz CT molecular complexity index is 753. The molecule has 0 saturated carbocycles. The molecule has 21 heavy (non-hydrogen) atoms. The van der Waals surface area contributed by atoms with E-state index >= 15 is 0 Å². The highest BCUT2D eigenvalue weighted by Gasteiger charge is 2.38. The van der Waals surface area contributed by atoms with E-state index in [0.29, 0.717) is 17.7 Å². The van der Waals surface area contributed by atoms with Gasteiger partial charge in [0.2, 0.25) is 6.61 Å². The minimum absolute atomic E-state index is 0.0594. The maximum absolute atomic E-state index is 12.5. The molecule has 2 aliphatic rings. The van der Waals surface area contributed by atoms with Crippen molar-refractivity contribution in [3.63, 3.8) is 0 Å². The van der Waals surface area contributed by atoms with Crippen LogP contribution in [0.25, 0.3) is 0 Å². The third kappa shape index (κ3) is 1.76. The van der Waals surface area contributed by atoms with Crippen LogP contribution in [0.3, 0.4) is 0 Å². The van der Waals surface area contributed by atoms with Crippen LogP contribution in [0.15, 0.2) is 48.5 Å². The third-order valence-electron chi connectivity index (χ3n) is 3.90. The Kier molecular flexibility index (Phi) is 2.57. The summed E-state index contributed by atoms with van der Waals surface area (Å²) in [5, 5.41) is 0. The summed E-state index contributed by atoms with van der Waals surface area (Å²) < 4.78 is 4.99. The first-order valence-electron chi connectivity index (χ1n) is 6.70. The molecule has 4 rings (SSSR count). The maximum atomic E-state index is 12.5. The molecule has 2 aromatic carbocycles. The molecule has 0 fully saturated rings. The molecule has 1 atom stereocenters. The maximum Gasteiger partial charge on any atom is 0.339 e. The van der Waals surface area contributed by atoms with E-state index in [1.54, 1.807) is 17.0 Å². The molecule has 2 radical (unpaired) electrons. The van der Waals surface area contributed by atoms with Gasteiger partial charge in [0, 0.05) is 12.1 Å². The molecule has 0 bridgehead atoms. The molecule has 1 amide bonds. The number of fused-ring (bicyclic) bond motifs is 2. The van der Waals surface area contributed by atoms with Crippen LogP contribution in [-0.2, 0) is 11.3 Å². The number of carbonyl (C=O) groups is 2. The van der Waals surface area contributed by atoms with Gasteiger partial charge in [-0.25, -0.2) is 4.79 Å². The summed E-state index contributed by atoms with van der Waals surface area (Å²) in [6, 6.07) is 14.2. The molecule has 2 heterocycles. The molecule has 1 unspecified atom stereocenters. The molecule has 0 aromatic heterocycles. The smallest absolute Gasteiger partial charge is 0.339 e. The topological polar surface area (TPSA) is 46.6 Å². The molecule has 0 saturated heterocycles. The van der Waals surface area contributed by atoms with Crippen molar-refractivity contribution in [3.05, 3.63) is 77.4 Å². The van der Waals surface area contributed by atoms with E-state index in [1.165, 1.54) is 0 Å². The van der Waals surface area contributed by atoms with Crippen LogP contribution in [-0.4, -0.2) is 16.8 Å². The Hall–Kier alpha value is -2.62. The predicted molar refractivity (Wildman–Crippen MR) is 74.2 cm³/mol. The van der Waals surface area contributed by atoms with Gasteiger partial charge in [0.25, 0.3) is 5.91 Å². The Labute approximate surface area is 121 Å². The first-order chi connectivity index (χ1) is 10.3. The van der Waals surface area contributed by atoms with Crippen LogP contribution >= 0.6 is 0 Å². The summed E-state index contributed by atoms with van der Waals surface area (Å²) in [4.78, 5) is 26.0. The summed E-state index contributed by atoms with van der Waals surface area (Å²) >= 11 is 0. The minimum atomic E-state index is -0.459. The van der Waals surface area contributed by atoms with Crippen molar-refractivity contribution in [2.45, 2.75) is 12.6 Å². The lowest BCUT2D eigenvalue weighted by atomic mass is 9.97. The number of amides is 1. The second-order valence-electron chi connectivity index (χ2n) is 5.09. The van der Waals surface area contributed by atoms with Crippen molar-refractivity contribution < 1.29 is 14.3 Å². The van der Waals surface area contributed by atoms with E-state index in [4.69, 9.17) is 4.74 Å². The molecule has 0 aliphatic carbocycles. The van der Waals surface area contributed by atoms with Gasteiger partial charge >= 0.3 is 5.97 Å². The number of ether oxygens (including phenoxy) is 1. The Morgan fingerprint density at radius 1 is 1.00 bits per heavy atom. The average molecular weight is 277 g/mol. The number of benzene rings is 2. The fourth-order valence-electron chi connectivity index (χ4n) is 2.87. The van der Waals surface area contributed by atoms with Crippen LogP contribution < -0.4 is 0 Å². The average Bonchev–Trinajstić information content (AvgIpc) is 2.86. The van der Waals surface area contributed by atoms with Crippen molar-refractivity contribution in [2.24, 2.45) is 0 Å². The highest BCUT2D eigenvalue weighted by atomic mass is 16.5. The molecule has 2 aromatic rings.